The summed E-state index contributed by atoms with van der Waals surface area (Å²) in [4.78, 5) is 25.9. The molecular weight excluding hydrogens is 421 g/mol. The van der Waals surface area contributed by atoms with Crippen LogP contribution in [-0.4, -0.2) is 71.8 Å². The predicted molar refractivity (Wildman–Crippen MR) is 105 cm³/mol. The lowest BCUT2D eigenvalue weighted by Gasteiger charge is -2.35. The first-order valence-corrected chi connectivity index (χ1v) is 11.1. The van der Waals surface area contributed by atoms with Crippen molar-refractivity contribution in [2.75, 3.05) is 32.8 Å². The number of carbonyl (C=O) groups is 2. The van der Waals surface area contributed by atoms with Crippen LogP contribution >= 0.6 is 11.3 Å². The van der Waals surface area contributed by atoms with Crippen molar-refractivity contribution in [3.05, 3.63) is 22.4 Å². The van der Waals surface area contributed by atoms with Crippen molar-refractivity contribution >= 4 is 23.2 Å². The molecule has 3 saturated heterocycles. The summed E-state index contributed by atoms with van der Waals surface area (Å²) in [5.74, 6) is -1.25. The number of hydrogen-bond acceptors (Lipinski definition) is 5. The highest BCUT2D eigenvalue weighted by Crippen LogP contribution is 2.36. The maximum atomic E-state index is 12.4. The van der Waals surface area contributed by atoms with Gasteiger partial charge in [-0.2, -0.15) is 24.5 Å². The second kappa shape index (κ2) is 10.1. The molecule has 0 unspecified atom stereocenters. The zero-order chi connectivity index (χ0) is 21.7. The Kier molecular flexibility index (Phi) is 7.75. The van der Waals surface area contributed by atoms with Gasteiger partial charge >= 0.3 is 12.1 Å². The van der Waals surface area contributed by atoms with Gasteiger partial charge < -0.3 is 14.7 Å². The van der Waals surface area contributed by atoms with E-state index >= 15 is 0 Å². The van der Waals surface area contributed by atoms with Gasteiger partial charge in [-0.05, 0) is 54.1 Å². The van der Waals surface area contributed by atoms with Crippen LogP contribution in [0.3, 0.4) is 0 Å². The third-order valence-electron chi connectivity index (χ3n) is 5.94. The summed E-state index contributed by atoms with van der Waals surface area (Å²) in [6, 6.07) is 2.22. The number of nitrogens with zero attached hydrogens (tertiary/aromatic N) is 2. The highest BCUT2D eigenvalue weighted by molar-refractivity contribution is 7.07. The summed E-state index contributed by atoms with van der Waals surface area (Å²) in [6.07, 6.45) is -0.809. The van der Waals surface area contributed by atoms with E-state index in [1.807, 2.05) is 4.90 Å². The van der Waals surface area contributed by atoms with E-state index in [0.717, 1.165) is 39.3 Å². The van der Waals surface area contributed by atoms with E-state index in [2.05, 4.69) is 21.7 Å². The van der Waals surface area contributed by atoms with Gasteiger partial charge in [0, 0.05) is 32.1 Å². The van der Waals surface area contributed by atoms with Gasteiger partial charge in [-0.15, -0.1) is 0 Å². The van der Waals surface area contributed by atoms with E-state index in [0.29, 0.717) is 24.2 Å². The Morgan fingerprint density at radius 1 is 1.23 bits per heavy atom. The van der Waals surface area contributed by atoms with Crippen molar-refractivity contribution in [1.29, 1.82) is 0 Å². The molecule has 3 aliphatic heterocycles. The van der Waals surface area contributed by atoms with Gasteiger partial charge in [-0.1, -0.05) is 0 Å². The molecule has 1 aromatic rings. The number of alkyl halides is 3. The predicted octanol–water partition coefficient (Wildman–Crippen LogP) is 3.23. The zero-order valence-electron chi connectivity index (χ0n) is 16.6. The Labute approximate surface area is 177 Å². The molecule has 10 heteroatoms. The largest absolute Gasteiger partial charge is 0.490 e. The SMILES string of the molecule is O=C(C[C@@H]1OC[C@H]2CN(Cc3ccsc3)CC[C@H]21)N1CCCC1.O=C(O)C(F)(F)F. The summed E-state index contributed by atoms with van der Waals surface area (Å²) in [5.41, 5.74) is 1.42. The molecule has 30 heavy (non-hydrogen) atoms. The number of carboxylic acid groups (broad SMARTS) is 1. The molecule has 0 saturated carbocycles. The van der Waals surface area contributed by atoms with Crippen LogP contribution in [0.1, 0.15) is 31.2 Å². The number of rotatable bonds is 4. The van der Waals surface area contributed by atoms with E-state index in [4.69, 9.17) is 14.6 Å². The molecule has 0 spiro atoms. The average molecular weight is 449 g/mol. The maximum absolute atomic E-state index is 12.4. The number of fused-ring (bicyclic) bond motifs is 1. The van der Waals surface area contributed by atoms with Gasteiger partial charge in [0.15, 0.2) is 0 Å². The molecule has 0 aromatic carbocycles. The topological polar surface area (TPSA) is 70.1 Å². The lowest BCUT2D eigenvalue weighted by atomic mass is 9.83. The first-order chi connectivity index (χ1) is 14.2. The van der Waals surface area contributed by atoms with Crippen LogP contribution in [-0.2, 0) is 20.9 Å². The van der Waals surface area contributed by atoms with Crippen LogP contribution in [0.15, 0.2) is 16.8 Å². The van der Waals surface area contributed by atoms with Gasteiger partial charge in [0.25, 0.3) is 0 Å². The number of likely N-dealkylation sites (tertiary alicyclic amines) is 2. The number of hydrogen-bond donors (Lipinski definition) is 1. The quantitative estimate of drug-likeness (QED) is 0.766. The molecule has 1 aromatic heterocycles. The fraction of sp³-hybridized carbons (Fsp3) is 0.700. The lowest BCUT2D eigenvalue weighted by molar-refractivity contribution is -0.192. The number of carboxylic acids is 1. The van der Waals surface area contributed by atoms with Gasteiger partial charge in [0.1, 0.15) is 0 Å². The van der Waals surface area contributed by atoms with Crippen molar-refractivity contribution in [2.45, 2.75) is 44.5 Å². The number of thiophene rings is 1. The van der Waals surface area contributed by atoms with Gasteiger partial charge in [-0.3, -0.25) is 9.69 Å². The molecule has 3 atom stereocenters. The third-order valence-corrected chi connectivity index (χ3v) is 6.67. The van der Waals surface area contributed by atoms with Gasteiger partial charge in [0.2, 0.25) is 5.91 Å². The van der Waals surface area contributed by atoms with Crippen LogP contribution in [0.25, 0.3) is 0 Å². The number of piperidine rings is 1. The van der Waals surface area contributed by atoms with Crippen LogP contribution in [0.4, 0.5) is 13.2 Å². The highest BCUT2D eigenvalue weighted by Gasteiger charge is 2.42. The Morgan fingerprint density at radius 2 is 1.93 bits per heavy atom. The molecule has 4 heterocycles. The number of amides is 1. The van der Waals surface area contributed by atoms with Crippen LogP contribution < -0.4 is 0 Å². The van der Waals surface area contributed by atoms with Crippen molar-refractivity contribution in [3.8, 4) is 0 Å². The van der Waals surface area contributed by atoms with Crippen LogP contribution in [0.5, 0.6) is 0 Å². The van der Waals surface area contributed by atoms with E-state index in [9.17, 15) is 18.0 Å². The minimum Gasteiger partial charge on any atom is -0.475 e. The number of aliphatic carboxylic acids is 1. The highest BCUT2D eigenvalue weighted by atomic mass is 32.1. The summed E-state index contributed by atoms with van der Waals surface area (Å²) in [5, 5.41) is 11.5. The monoisotopic (exact) mass is 448 g/mol. The minimum absolute atomic E-state index is 0.163. The Morgan fingerprint density at radius 3 is 2.53 bits per heavy atom. The van der Waals surface area contributed by atoms with E-state index < -0.39 is 12.1 Å². The Hall–Kier alpha value is -1.65. The molecule has 0 bridgehead atoms. The number of ether oxygens (including phenoxy) is 1. The first kappa shape index (κ1) is 23.0. The van der Waals surface area contributed by atoms with Gasteiger partial charge in [0.05, 0.1) is 19.1 Å². The van der Waals surface area contributed by atoms with Crippen molar-refractivity contribution in [3.63, 3.8) is 0 Å². The molecule has 0 aliphatic carbocycles. The van der Waals surface area contributed by atoms with E-state index in [1.165, 1.54) is 24.8 Å². The van der Waals surface area contributed by atoms with Crippen LogP contribution in [0.2, 0.25) is 0 Å². The van der Waals surface area contributed by atoms with Crippen molar-refractivity contribution in [2.24, 2.45) is 11.8 Å². The van der Waals surface area contributed by atoms with Gasteiger partial charge in [-0.25, -0.2) is 4.79 Å². The third kappa shape index (κ3) is 6.18. The molecule has 1 amide bonds. The summed E-state index contributed by atoms with van der Waals surface area (Å²) >= 11 is 1.77. The molecule has 3 fully saturated rings. The molecule has 4 rings (SSSR count). The normalized spacial score (nSPS) is 26.8. The van der Waals surface area contributed by atoms with E-state index in [-0.39, 0.29) is 6.10 Å². The van der Waals surface area contributed by atoms with Crippen LogP contribution in [0, 0.1) is 11.8 Å². The minimum atomic E-state index is -5.08. The average Bonchev–Trinajstić information content (AvgIpc) is 3.44. The second-order valence-corrected chi connectivity index (χ2v) is 8.83. The summed E-state index contributed by atoms with van der Waals surface area (Å²) in [7, 11) is 0. The van der Waals surface area contributed by atoms with E-state index in [1.54, 1.807) is 11.3 Å². The first-order valence-electron chi connectivity index (χ1n) is 10.2. The molecule has 0 radical (unpaired) electrons. The summed E-state index contributed by atoms with van der Waals surface area (Å²) in [6.45, 7) is 6.05. The molecule has 1 N–H and O–H groups in total. The fourth-order valence-corrected chi connectivity index (χ4v) is 5.08. The standard InChI is InChI=1S/C18H26N2O2S.C2HF3O2/c21-18(20-5-1-2-6-20)9-17-16-3-7-19(11-15(16)12-22-17)10-14-4-8-23-13-14;3-2(4,5)1(6)7/h4,8,13,15-17H,1-3,5-7,9-12H2;(H,6,7)/t15-,16-,17+;/m1./s1. The molecule has 168 valence electrons. The van der Waals surface area contributed by atoms with Crippen molar-refractivity contribution < 1.29 is 32.6 Å². The fourth-order valence-electron chi connectivity index (χ4n) is 4.42. The number of halogens is 3. The summed E-state index contributed by atoms with van der Waals surface area (Å²) < 4.78 is 37.8. The molecule has 3 aliphatic rings. The zero-order valence-corrected chi connectivity index (χ0v) is 17.5. The lowest BCUT2D eigenvalue weighted by Crippen LogP contribution is -2.42. The number of carbonyl (C=O) groups excluding carboxylic acids is 1. The van der Waals surface area contributed by atoms with Crippen molar-refractivity contribution in [1.82, 2.24) is 9.80 Å². The Balaban J connectivity index is 0.000000318. The maximum Gasteiger partial charge on any atom is 0.490 e. The second-order valence-electron chi connectivity index (χ2n) is 8.05. The Bertz CT molecular complexity index is 707. The smallest absolute Gasteiger partial charge is 0.475 e. The molecule has 6 nitrogen and oxygen atoms in total. The molecular formula is C20H27F3N2O4S.